The van der Waals surface area contributed by atoms with Crippen molar-refractivity contribution in [3.63, 3.8) is 0 Å². The molecule has 0 aliphatic rings. The van der Waals surface area contributed by atoms with E-state index < -0.39 is 11.5 Å². The average molecular weight is 402 g/mol. The first-order valence-electron chi connectivity index (χ1n) is 9.12. The summed E-state index contributed by atoms with van der Waals surface area (Å²) in [4.78, 5) is 43.1. The van der Waals surface area contributed by atoms with Gasteiger partial charge in [0.2, 0.25) is 5.91 Å². The second-order valence-corrected chi connectivity index (χ2v) is 6.98. The van der Waals surface area contributed by atoms with Gasteiger partial charge < -0.3 is 9.88 Å². The molecular weight excluding hydrogens is 379 g/mol. The molecule has 154 valence electrons. The van der Waals surface area contributed by atoms with Crippen LogP contribution in [0.3, 0.4) is 0 Å². The fraction of sp³-hybridized carbons (Fsp3) is 0.368. The van der Waals surface area contributed by atoms with Crippen LogP contribution in [-0.4, -0.2) is 49.6 Å². The monoisotopic (exact) mass is 402 g/mol. The zero-order chi connectivity index (χ0) is 21.1. The number of aromatic nitrogens is 4. The Balaban J connectivity index is 1.60. The lowest BCUT2D eigenvalue weighted by Gasteiger charge is -2.16. The van der Waals surface area contributed by atoms with E-state index in [4.69, 9.17) is 0 Å². The number of amides is 1. The lowest BCUT2D eigenvalue weighted by atomic mass is 10.3. The number of nitrogens with one attached hydrogen (secondary N) is 1. The summed E-state index contributed by atoms with van der Waals surface area (Å²) in [6, 6.07) is 5.68. The summed E-state index contributed by atoms with van der Waals surface area (Å²) >= 11 is 0. The van der Waals surface area contributed by atoms with E-state index in [0.717, 1.165) is 0 Å². The molecule has 0 aliphatic carbocycles. The second kappa shape index (κ2) is 8.39. The van der Waals surface area contributed by atoms with Crippen LogP contribution in [0.25, 0.3) is 11.2 Å². The van der Waals surface area contributed by atoms with E-state index in [2.05, 4.69) is 10.3 Å². The molecule has 9 nitrogen and oxygen atoms in total. The number of hydrogen-bond donors (Lipinski definition) is 1. The van der Waals surface area contributed by atoms with Crippen molar-refractivity contribution in [2.45, 2.75) is 13.0 Å². The van der Waals surface area contributed by atoms with Gasteiger partial charge in [0.15, 0.2) is 11.2 Å². The molecule has 0 fully saturated rings. The molecule has 1 aromatic carbocycles. The van der Waals surface area contributed by atoms with Crippen molar-refractivity contribution in [1.29, 1.82) is 0 Å². The van der Waals surface area contributed by atoms with Crippen molar-refractivity contribution in [3.8, 4) is 0 Å². The Morgan fingerprint density at radius 1 is 1.28 bits per heavy atom. The summed E-state index contributed by atoms with van der Waals surface area (Å²) < 4.78 is 17.3. The Bertz CT molecular complexity index is 1160. The topological polar surface area (TPSA) is 94.2 Å². The molecule has 0 aliphatic heterocycles. The summed E-state index contributed by atoms with van der Waals surface area (Å²) in [5, 5.41) is 2.63. The molecule has 10 heteroatoms. The van der Waals surface area contributed by atoms with E-state index in [0.29, 0.717) is 29.8 Å². The van der Waals surface area contributed by atoms with Gasteiger partial charge in [0.05, 0.1) is 12.9 Å². The molecule has 0 radical (unpaired) electrons. The SMILES string of the molecule is CN(CCCn1c(=O)c2c(ncn2C)n(C)c1=O)CC(=O)Nc1cccc(F)c1. The minimum atomic E-state index is -0.423. The first-order chi connectivity index (χ1) is 13.8. The maximum Gasteiger partial charge on any atom is 0.332 e. The van der Waals surface area contributed by atoms with Crippen molar-refractivity contribution in [1.82, 2.24) is 23.6 Å². The zero-order valence-corrected chi connectivity index (χ0v) is 16.6. The van der Waals surface area contributed by atoms with Gasteiger partial charge in [-0.3, -0.25) is 23.6 Å². The molecule has 2 heterocycles. The summed E-state index contributed by atoms with van der Waals surface area (Å²) in [6.07, 6.45) is 2.00. The molecule has 3 aromatic rings. The number of halogens is 1. The first kappa shape index (κ1) is 20.5. The minimum absolute atomic E-state index is 0.101. The van der Waals surface area contributed by atoms with Crippen molar-refractivity contribution >= 4 is 22.8 Å². The predicted molar refractivity (Wildman–Crippen MR) is 107 cm³/mol. The maximum absolute atomic E-state index is 13.2. The molecule has 0 saturated carbocycles. The molecule has 0 saturated heterocycles. The van der Waals surface area contributed by atoms with E-state index in [1.807, 2.05) is 0 Å². The molecule has 0 bridgehead atoms. The number of carbonyl (C=O) groups excluding carboxylic acids is 1. The maximum atomic E-state index is 13.2. The lowest BCUT2D eigenvalue weighted by molar-refractivity contribution is -0.117. The number of fused-ring (bicyclic) bond motifs is 1. The van der Waals surface area contributed by atoms with Gasteiger partial charge in [-0.15, -0.1) is 0 Å². The Labute approximate surface area is 166 Å². The summed E-state index contributed by atoms with van der Waals surface area (Å²) in [7, 11) is 5.05. The zero-order valence-electron chi connectivity index (χ0n) is 16.6. The molecule has 3 rings (SSSR count). The third-order valence-electron chi connectivity index (χ3n) is 4.64. The third-order valence-corrected chi connectivity index (χ3v) is 4.64. The largest absolute Gasteiger partial charge is 0.332 e. The molecule has 1 amide bonds. The van der Waals surface area contributed by atoms with Crippen LogP contribution in [0.1, 0.15) is 6.42 Å². The number of carbonyl (C=O) groups is 1. The van der Waals surface area contributed by atoms with Crippen LogP contribution in [-0.2, 0) is 25.4 Å². The second-order valence-electron chi connectivity index (χ2n) is 6.98. The molecule has 1 N–H and O–H groups in total. The van der Waals surface area contributed by atoms with Crippen LogP contribution in [0.4, 0.5) is 10.1 Å². The van der Waals surface area contributed by atoms with E-state index >= 15 is 0 Å². The number of anilines is 1. The van der Waals surface area contributed by atoms with Crippen LogP contribution < -0.4 is 16.6 Å². The smallest absolute Gasteiger partial charge is 0.328 e. The highest BCUT2D eigenvalue weighted by atomic mass is 19.1. The number of benzene rings is 1. The predicted octanol–water partition coefficient (Wildman–Crippen LogP) is 0.533. The highest BCUT2D eigenvalue weighted by molar-refractivity contribution is 5.92. The Kier molecular flexibility index (Phi) is 5.92. The van der Waals surface area contributed by atoms with E-state index in [-0.39, 0.29) is 24.6 Å². The highest BCUT2D eigenvalue weighted by Crippen LogP contribution is 2.09. The van der Waals surface area contributed by atoms with Crippen LogP contribution in [0, 0.1) is 5.82 Å². The lowest BCUT2D eigenvalue weighted by Crippen LogP contribution is -2.40. The molecular formula is C19H23FN6O3. The van der Waals surface area contributed by atoms with Gasteiger partial charge in [-0.1, -0.05) is 6.07 Å². The van der Waals surface area contributed by atoms with Gasteiger partial charge in [0.1, 0.15) is 5.82 Å². The molecule has 0 atom stereocenters. The van der Waals surface area contributed by atoms with Crippen molar-refractivity contribution in [2.24, 2.45) is 14.1 Å². The van der Waals surface area contributed by atoms with Gasteiger partial charge >= 0.3 is 5.69 Å². The van der Waals surface area contributed by atoms with Crippen LogP contribution >= 0.6 is 0 Å². The van der Waals surface area contributed by atoms with Gasteiger partial charge in [-0.05, 0) is 31.7 Å². The fourth-order valence-corrected chi connectivity index (χ4v) is 3.18. The Morgan fingerprint density at radius 3 is 2.76 bits per heavy atom. The van der Waals surface area contributed by atoms with Crippen molar-refractivity contribution in [2.75, 3.05) is 25.5 Å². The Morgan fingerprint density at radius 2 is 2.03 bits per heavy atom. The number of nitrogens with zero attached hydrogens (tertiary/aromatic N) is 5. The number of rotatable bonds is 7. The van der Waals surface area contributed by atoms with Gasteiger partial charge in [0.25, 0.3) is 5.56 Å². The highest BCUT2D eigenvalue weighted by Gasteiger charge is 2.15. The fourth-order valence-electron chi connectivity index (χ4n) is 3.18. The van der Waals surface area contributed by atoms with Crippen LogP contribution in [0.5, 0.6) is 0 Å². The Hall–Kier alpha value is -3.27. The molecule has 29 heavy (non-hydrogen) atoms. The minimum Gasteiger partial charge on any atom is -0.328 e. The molecule has 2 aromatic heterocycles. The summed E-state index contributed by atoms with van der Waals surface area (Å²) in [5.74, 6) is -0.698. The summed E-state index contributed by atoms with van der Waals surface area (Å²) in [5.41, 5.74) is 0.310. The van der Waals surface area contributed by atoms with Gasteiger partial charge in [-0.25, -0.2) is 14.2 Å². The quantitative estimate of drug-likeness (QED) is 0.622. The van der Waals surface area contributed by atoms with Crippen molar-refractivity contribution in [3.05, 3.63) is 57.2 Å². The molecule has 0 unspecified atom stereocenters. The van der Waals surface area contributed by atoms with Crippen LogP contribution in [0.2, 0.25) is 0 Å². The number of imidazole rings is 1. The first-order valence-corrected chi connectivity index (χ1v) is 9.12. The van der Waals surface area contributed by atoms with E-state index in [1.54, 1.807) is 36.7 Å². The van der Waals surface area contributed by atoms with Crippen molar-refractivity contribution < 1.29 is 9.18 Å². The standard InChI is InChI=1S/C19H23FN6O3/c1-23(11-15(27)22-14-7-4-6-13(20)10-14)8-5-9-26-18(28)16-17(21-12-24(16)2)25(3)19(26)29/h4,6-7,10,12H,5,8-9,11H2,1-3H3,(H,22,27). The number of hydrogen-bond acceptors (Lipinski definition) is 5. The molecule has 0 spiro atoms. The average Bonchev–Trinajstić information content (AvgIpc) is 3.04. The van der Waals surface area contributed by atoms with E-state index in [9.17, 15) is 18.8 Å². The van der Waals surface area contributed by atoms with Gasteiger partial charge in [-0.2, -0.15) is 0 Å². The third kappa shape index (κ3) is 4.43. The van der Waals surface area contributed by atoms with E-state index in [1.165, 1.54) is 33.7 Å². The van der Waals surface area contributed by atoms with Gasteiger partial charge in [0, 0.05) is 32.9 Å². The van der Waals surface area contributed by atoms with Crippen LogP contribution in [0.15, 0.2) is 40.2 Å². The number of likely N-dealkylation sites (N-methyl/N-ethyl adjacent to an activating group) is 1. The normalized spacial score (nSPS) is 11.3. The summed E-state index contributed by atoms with van der Waals surface area (Å²) in [6.45, 7) is 0.822. The number of aryl methyl sites for hydroxylation is 2.